The van der Waals surface area contributed by atoms with E-state index in [9.17, 15) is 9.90 Å². The summed E-state index contributed by atoms with van der Waals surface area (Å²) in [4.78, 5) is 15.5. The molecule has 1 amide bonds. The van der Waals surface area contributed by atoms with Crippen LogP contribution >= 0.6 is 15.9 Å². The molecule has 1 atom stereocenters. The summed E-state index contributed by atoms with van der Waals surface area (Å²) in [5.41, 5.74) is 1.29. The third-order valence-electron chi connectivity index (χ3n) is 5.47. The predicted molar refractivity (Wildman–Crippen MR) is 107 cm³/mol. The Hall–Kier alpha value is -2.21. The number of halogens is 1. The molecule has 0 saturated heterocycles. The van der Waals surface area contributed by atoms with Crippen molar-refractivity contribution in [2.75, 3.05) is 18.2 Å². The molecule has 0 saturated carbocycles. The van der Waals surface area contributed by atoms with Crippen LogP contribution in [0.5, 0.6) is 17.2 Å². The van der Waals surface area contributed by atoms with Gasteiger partial charge in [-0.3, -0.25) is 4.79 Å². The van der Waals surface area contributed by atoms with Crippen LogP contribution in [0.2, 0.25) is 0 Å². The van der Waals surface area contributed by atoms with Crippen molar-refractivity contribution in [1.29, 1.82) is 0 Å². The number of hydrogen-bond acceptors (Lipinski definition) is 4. The first-order valence-electron chi connectivity index (χ1n) is 9.22. The SMILES string of the molecule is CCCCCN1C(=O)C(C)(c2cc3c(cc2O)OCO3)c2c(Br)cccc21. The van der Waals surface area contributed by atoms with Crippen molar-refractivity contribution in [3.63, 3.8) is 0 Å². The maximum Gasteiger partial charge on any atom is 0.242 e. The smallest absolute Gasteiger partial charge is 0.242 e. The first-order chi connectivity index (χ1) is 13.0. The summed E-state index contributed by atoms with van der Waals surface area (Å²) in [5, 5.41) is 10.7. The molecule has 2 aromatic rings. The first-order valence-corrected chi connectivity index (χ1v) is 10.0. The molecule has 2 heterocycles. The van der Waals surface area contributed by atoms with E-state index in [0.717, 1.165) is 35.0 Å². The molecule has 5 nitrogen and oxygen atoms in total. The molecule has 0 fully saturated rings. The molecule has 142 valence electrons. The lowest BCUT2D eigenvalue weighted by molar-refractivity contribution is -0.121. The second-order valence-electron chi connectivity index (χ2n) is 7.15. The number of amides is 1. The number of benzene rings is 2. The lowest BCUT2D eigenvalue weighted by Gasteiger charge is -2.26. The zero-order chi connectivity index (χ0) is 19.2. The fourth-order valence-electron chi connectivity index (χ4n) is 4.04. The number of hydrogen-bond donors (Lipinski definition) is 1. The monoisotopic (exact) mass is 431 g/mol. The van der Waals surface area contributed by atoms with Gasteiger partial charge in [0.15, 0.2) is 11.5 Å². The summed E-state index contributed by atoms with van der Waals surface area (Å²) in [5.74, 6) is 1.05. The highest BCUT2D eigenvalue weighted by molar-refractivity contribution is 9.10. The van der Waals surface area contributed by atoms with Crippen LogP contribution in [0.15, 0.2) is 34.8 Å². The zero-order valence-corrected chi connectivity index (χ0v) is 17.0. The largest absolute Gasteiger partial charge is 0.507 e. The van der Waals surface area contributed by atoms with Crippen LogP contribution < -0.4 is 14.4 Å². The number of rotatable bonds is 5. The van der Waals surface area contributed by atoms with E-state index in [0.29, 0.717) is 23.6 Å². The Morgan fingerprint density at radius 3 is 2.70 bits per heavy atom. The van der Waals surface area contributed by atoms with Crippen molar-refractivity contribution in [3.8, 4) is 17.2 Å². The van der Waals surface area contributed by atoms with Gasteiger partial charge in [-0.05, 0) is 31.5 Å². The van der Waals surface area contributed by atoms with Gasteiger partial charge in [0.05, 0.1) is 0 Å². The van der Waals surface area contributed by atoms with Gasteiger partial charge in [0.25, 0.3) is 0 Å². The number of phenolic OH excluding ortho intramolecular Hbond substituents is 1. The lowest BCUT2D eigenvalue weighted by Crippen LogP contribution is -2.39. The maximum absolute atomic E-state index is 13.6. The molecule has 0 aromatic heterocycles. The predicted octanol–water partition coefficient (Wildman–Crippen LogP) is 4.73. The van der Waals surface area contributed by atoms with E-state index in [1.165, 1.54) is 6.07 Å². The number of unbranched alkanes of at least 4 members (excludes halogenated alkanes) is 2. The standard InChI is InChI=1S/C21H22BrNO4/c1-3-4-5-9-23-15-8-6-7-14(22)19(15)21(2,20(23)25)13-10-17-18(11-16(13)24)27-12-26-17/h6-8,10-11,24H,3-5,9,12H2,1-2H3. The zero-order valence-electron chi connectivity index (χ0n) is 15.4. The summed E-state index contributed by atoms with van der Waals surface area (Å²) in [6, 6.07) is 9.11. The Kier molecular flexibility index (Phi) is 4.54. The van der Waals surface area contributed by atoms with Crippen molar-refractivity contribution in [2.45, 2.75) is 38.5 Å². The highest BCUT2D eigenvalue weighted by Crippen LogP contribution is 2.53. The maximum atomic E-state index is 13.6. The second kappa shape index (κ2) is 6.75. The van der Waals surface area contributed by atoms with Gasteiger partial charge in [-0.15, -0.1) is 0 Å². The number of anilines is 1. The quantitative estimate of drug-likeness (QED) is 0.695. The van der Waals surface area contributed by atoms with Gasteiger partial charge in [0.1, 0.15) is 11.2 Å². The van der Waals surface area contributed by atoms with Crippen molar-refractivity contribution in [1.82, 2.24) is 0 Å². The van der Waals surface area contributed by atoms with Crippen molar-refractivity contribution < 1.29 is 19.4 Å². The normalized spacial score (nSPS) is 20.3. The third-order valence-corrected chi connectivity index (χ3v) is 6.13. The van der Waals surface area contributed by atoms with Gasteiger partial charge >= 0.3 is 0 Å². The number of ether oxygens (including phenoxy) is 2. The van der Waals surface area contributed by atoms with E-state index >= 15 is 0 Å². The van der Waals surface area contributed by atoms with Crippen LogP contribution in [0.3, 0.4) is 0 Å². The van der Waals surface area contributed by atoms with Gasteiger partial charge in [0, 0.05) is 33.9 Å². The Morgan fingerprint density at radius 2 is 1.96 bits per heavy atom. The number of carbonyl (C=O) groups excluding carboxylic acids is 1. The summed E-state index contributed by atoms with van der Waals surface area (Å²) in [6.45, 7) is 4.80. The molecule has 1 N–H and O–H groups in total. The van der Waals surface area contributed by atoms with Crippen LogP contribution in [-0.2, 0) is 10.2 Å². The number of fused-ring (bicyclic) bond motifs is 2. The van der Waals surface area contributed by atoms with E-state index in [1.54, 1.807) is 6.07 Å². The lowest BCUT2D eigenvalue weighted by atomic mass is 9.76. The van der Waals surface area contributed by atoms with Crippen molar-refractivity contribution in [3.05, 3.63) is 45.9 Å². The number of phenols is 1. The molecule has 2 aliphatic heterocycles. The summed E-state index contributed by atoms with van der Waals surface area (Å²) in [7, 11) is 0. The first kappa shape index (κ1) is 18.2. The van der Waals surface area contributed by atoms with E-state index in [2.05, 4.69) is 22.9 Å². The molecule has 2 aliphatic rings. The number of aromatic hydroxyl groups is 1. The van der Waals surface area contributed by atoms with E-state index < -0.39 is 5.41 Å². The Morgan fingerprint density at radius 1 is 1.22 bits per heavy atom. The third kappa shape index (κ3) is 2.69. The van der Waals surface area contributed by atoms with Crippen molar-refractivity contribution in [2.24, 2.45) is 0 Å². The van der Waals surface area contributed by atoms with Gasteiger partial charge in [-0.2, -0.15) is 0 Å². The van der Waals surface area contributed by atoms with Gasteiger partial charge in [-0.1, -0.05) is 41.8 Å². The Balaban J connectivity index is 1.86. The summed E-state index contributed by atoms with van der Waals surface area (Å²) < 4.78 is 11.7. The van der Waals surface area contributed by atoms with Crippen LogP contribution in [0.4, 0.5) is 5.69 Å². The highest BCUT2D eigenvalue weighted by Gasteiger charge is 2.51. The van der Waals surface area contributed by atoms with Crippen LogP contribution in [0.1, 0.15) is 44.2 Å². The van der Waals surface area contributed by atoms with Gasteiger partial charge in [-0.25, -0.2) is 0 Å². The summed E-state index contributed by atoms with van der Waals surface area (Å²) in [6.07, 6.45) is 3.10. The second-order valence-corrected chi connectivity index (χ2v) is 8.00. The van der Waals surface area contributed by atoms with Gasteiger partial charge in [0.2, 0.25) is 12.7 Å². The molecule has 0 spiro atoms. The molecule has 4 rings (SSSR count). The minimum Gasteiger partial charge on any atom is -0.507 e. The van der Waals surface area contributed by atoms with Gasteiger partial charge < -0.3 is 19.5 Å². The molecule has 6 heteroatoms. The van der Waals surface area contributed by atoms with Crippen LogP contribution in [0, 0.1) is 0 Å². The molecule has 2 aromatic carbocycles. The highest BCUT2D eigenvalue weighted by atomic mass is 79.9. The van der Waals surface area contributed by atoms with E-state index in [-0.39, 0.29) is 18.4 Å². The van der Waals surface area contributed by atoms with Crippen LogP contribution in [-0.4, -0.2) is 24.4 Å². The average molecular weight is 432 g/mol. The molecule has 0 radical (unpaired) electrons. The summed E-state index contributed by atoms with van der Waals surface area (Å²) >= 11 is 3.63. The number of nitrogens with zero attached hydrogens (tertiary/aromatic N) is 1. The molecule has 1 unspecified atom stereocenters. The average Bonchev–Trinajstić information content (AvgIpc) is 3.18. The van der Waals surface area contributed by atoms with Crippen LogP contribution in [0.25, 0.3) is 0 Å². The minimum absolute atomic E-state index is 0.0327. The molecular formula is C21H22BrNO4. The molecular weight excluding hydrogens is 410 g/mol. The minimum atomic E-state index is -1.01. The van der Waals surface area contributed by atoms with E-state index in [4.69, 9.17) is 9.47 Å². The molecule has 27 heavy (non-hydrogen) atoms. The fraction of sp³-hybridized carbons (Fsp3) is 0.381. The molecule has 0 aliphatic carbocycles. The Labute approximate surface area is 167 Å². The van der Waals surface area contributed by atoms with E-state index in [1.807, 2.05) is 30.0 Å². The topological polar surface area (TPSA) is 59.0 Å². The Bertz CT molecular complexity index is 913. The molecule has 0 bridgehead atoms. The van der Waals surface area contributed by atoms with Crippen molar-refractivity contribution >= 4 is 27.5 Å². The number of carbonyl (C=O) groups is 1. The fourth-order valence-corrected chi connectivity index (χ4v) is 4.79.